The van der Waals surface area contributed by atoms with E-state index in [9.17, 15) is 0 Å². The smallest absolute Gasteiger partial charge is 0.247 e. The molecule has 5 heteroatoms. The molecule has 1 saturated carbocycles. The van der Waals surface area contributed by atoms with Crippen LogP contribution in [0.5, 0.6) is 0 Å². The Balaban J connectivity index is 1.99. The molecule has 5 nitrogen and oxygen atoms in total. The number of nitrogens with one attached hydrogen (secondary N) is 1. The van der Waals surface area contributed by atoms with Gasteiger partial charge in [-0.1, -0.05) is 6.92 Å². The summed E-state index contributed by atoms with van der Waals surface area (Å²) < 4.78 is 11.0. The number of ether oxygens (including phenoxy) is 1. The van der Waals surface area contributed by atoms with Crippen molar-refractivity contribution in [3.05, 3.63) is 11.8 Å². The predicted molar refractivity (Wildman–Crippen MR) is 58.8 cm³/mol. The molecule has 1 fully saturated rings. The molecular formula is C11H19N3O2. The van der Waals surface area contributed by atoms with Gasteiger partial charge in [0.05, 0.1) is 6.54 Å². The molecule has 1 heterocycles. The molecule has 16 heavy (non-hydrogen) atoms. The molecule has 1 aromatic rings. The minimum absolute atomic E-state index is 0.467. The van der Waals surface area contributed by atoms with Gasteiger partial charge in [-0.05, 0) is 26.2 Å². The average molecular weight is 225 g/mol. The SMILES string of the molecule is CCC(C)(OC)c1nnc(CNC2CC2)o1. The first-order valence-electron chi connectivity index (χ1n) is 5.79. The van der Waals surface area contributed by atoms with Crippen molar-refractivity contribution in [2.45, 2.75) is 51.3 Å². The molecule has 0 spiro atoms. The molecule has 1 unspecified atom stereocenters. The number of rotatable bonds is 6. The number of aromatic nitrogens is 2. The molecule has 1 atom stereocenters. The van der Waals surface area contributed by atoms with E-state index < -0.39 is 5.60 Å². The fourth-order valence-electron chi connectivity index (χ4n) is 1.44. The van der Waals surface area contributed by atoms with Gasteiger partial charge in [-0.15, -0.1) is 10.2 Å². The van der Waals surface area contributed by atoms with E-state index in [-0.39, 0.29) is 0 Å². The Morgan fingerprint density at radius 3 is 2.81 bits per heavy atom. The van der Waals surface area contributed by atoms with Gasteiger partial charge in [-0.3, -0.25) is 0 Å². The zero-order valence-corrected chi connectivity index (χ0v) is 10.1. The van der Waals surface area contributed by atoms with Gasteiger partial charge in [0.2, 0.25) is 11.8 Å². The predicted octanol–water partition coefficient (Wildman–Crippen LogP) is 1.59. The van der Waals surface area contributed by atoms with Crippen molar-refractivity contribution < 1.29 is 9.15 Å². The van der Waals surface area contributed by atoms with Gasteiger partial charge in [0.25, 0.3) is 0 Å². The Labute approximate surface area is 95.6 Å². The van der Waals surface area contributed by atoms with Crippen LogP contribution in [0.1, 0.15) is 44.9 Å². The molecular weight excluding hydrogens is 206 g/mol. The fraction of sp³-hybridized carbons (Fsp3) is 0.818. The molecule has 0 aromatic carbocycles. The summed E-state index contributed by atoms with van der Waals surface area (Å²) in [6.45, 7) is 4.65. The van der Waals surface area contributed by atoms with Crippen molar-refractivity contribution in [1.29, 1.82) is 0 Å². The van der Waals surface area contributed by atoms with Gasteiger partial charge in [-0.2, -0.15) is 0 Å². The Hall–Kier alpha value is -0.940. The quantitative estimate of drug-likeness (QED) is 0.796. The van der Waals surface area contributed by atoms with Gasteiger partial charge >= 0.3 is 0 Å². The first kappa shape index (κ1) is 11.5. The van der Waals surface area contributed by atoms with Crippen molar-refractivity contribution in [1.82, 2.24) is 15.5 Å². The molecule has 0 bridgehead atoms. The maximum absolute atomic E-state index is 5.60. The topological polar surface area (TPSA) is 60.2 Å². The number of methoxy groups -OCH3 is 1. The first-order valence-corrected chi connectivity index (χ1v) is 5.79. The molecule has 90 valence electrons. The lowest BCUT2D eigenvalue weighted by molar-refractivity contribution is -0.0242. The lowest BCUT2D eigenvalue weighted by Crippen LogP contribution is -2.23. The lowest BCUT2D eigenvalue weighted by Gasteiger charge is -2.21. The molecule has 1 N–H and O–H groups in total. The summed E-state index contributed by atoms with van der Waals surface area (Å²) in [6, 6.07) is 0.648. The third-order valence-electron chi connectivity index (χ3n) is 3.16. The van der Waals surface area contributed by atoms with E-state index >= 15 is 0 Å². The molecule has 1 aliphatic carbocycles. The summed E-state index contributed by atoms with van der Waals surface area (Å²) >= 11 is 0. The zero-order chi connectivity index (χ0) is 11.6. The van der Waals surface area contributed by atoms with E-state index in [1.54, 1.807) is 7.11 Å². The minimum atomic E-state index is -0.467. The summed E-state index contributed by atoms with van der Waals surface area (Å²) in [4.78, 5) is 0. The first-order chi connectivity index (χ1) is 7.68. The minimum Gasteiger partial charge on any atom is -0.421 e. The van der Waals surface area contributed by atoms with E-state index in [0.29, 0.717) is 24.4 Å². The van der Waals surface area contributed by atoms with Crippen LogP contribution in [0.4, 0.5) is 0 Å². The summed E-state index contributed by atoms with van der Waals surface area (Å²) in [5.74, 6) is 1.20. The number of hydrogen-bond donors (Lipinski definition) is 1. The van der Waals surface area contributed by atoms with E-state index in [0.717, 1.165) is 6.42 Å². The van der Waals surface area contributed by atoms with Crippen molar-refractivity contribution in [2.75, 3.05) is 7.11 Å². The maximum Gasteiger partial charge on any atom is 0.247 e. The highest BCUT2D eigenvalue weighted by atomic mass is 16.5. The summed E-state index contributed by atoms with van der Waals surface area (Å²) in [6.07, 6.45) is 3.32. The van der Waals surface area contributed by atoms with Crippen LogP contribution in [0.2, 0.25) is 0 Å². The molecule has 2 rings (SSSR count). The Bertz CT molecular complexity index is 343. The Kier molecular flexibility index (Phi) is 3.25. The lowest BCUT2D eigenvalue weighted by atomic mass is 10.0. The molecule has 0 aliphatic heterocycles. The van der Waals surface area contributed by atoms with Crippen molar-refractivity contribution in [3.63, 3.8) is 0 Å². The number of hydrogen-bond acceptors (Lipinski definition) is 5. The van der Waals surface area contributed by atoms with Crippen LogP contribution >= 0.6 is 0 Å². The molecule has 0 amide bonds. The summed E-state index contributed by atoms with van der Waals surface area (Å²) in [5.41, 5.74) is -0.467. The van der Waals surface area contributed by atoms with E-state index in [1.165, 1.54) is 12.8 Å². The third kappa shape index (κ3) is 2.41. The maximum atomic E-state index is 5.60. The van der Waals surface area contributed by atoms with E-state index in [2.05, 4.69) is 15.5 Å². The monoisotopic (exact) mass is 225 g/mol. The number of nitrogens with zero attached hydrogens (tertiary/aromatic N) is 2. The van der Waals surface area contributed by atoms with Gasteiger partial charge < -0.3 is 14.5 Å². The van der Waals surface area contributed by atoms with Crippen LogP contribution in [-0.2, 0) is 16.9 Å². The van der Waals surface area contributed by atoms with Crippen LogP contribution in [0.15, 0.2) is 4.42 Å². The standard InChI is InChI=1S/C11H19N3O2/c1-4-11(2,15-3)10-14-13-9(16-10)7-12-8-5-6-8/h8,12H,4-7H2,1-3H3. The molecule has 0 radical (unpaired) electrons. The Morgan fingerprint density at radius 1 is 1.50 bits per heavy atom. The van der Waals surface area contributed by atoms with Crippen LogP contribution in [-0.4, -0.2) is 23.3 Å². The van der Waals surface area contributed by atoms with Gasteiger partial charge in [0.1, 0.15) is 5.60 Å². The van der Waals surface area contributed by atoms with Gasteiger partial charge in [0, 0.05) is 13.2 Å². The van der Waals surface area contributed by atoms with E-state index in [1.807, 2.05) is 13.8 Å². The second kappa shape index (κ2) is 4.51. The van der Waals surface area contributed by atoms with Gasteiger partial charge in [0.15, 0.2) is 0 Å². The largest absolute Gasteiger partial charge is 0.421 e. The van der Waals surface area contributed by atoms with Crippen LogP contribution in [0.3, 0.4) is 0 Å². The van der Waals surface area contributed by atoms with Crippen LogP contribution in [0.25, 0.3) is 0 Å². The van der Waals surface area contributed by atoms with Gasteiger partial charge in [-0.25, -0.2) is 0 Å². The van der Waals surface area contributed by atoms with Crippen LogP contribution in [0, 0.1) is 0 Å². The highest BCUT2D eigenvalue weighted by Crippen LogP contribution is 2.27. The third-order valence-corrected chi connectivity index (χ3v) is 3.16. The molecule has 0 saturated heterocycles. The summed E-state index contributed by atoms with van der Waals surface area (Å²) in [5, 5.41) is 11.4. The summed E-state index contributed by atoms with van der Waals surface area (Å²) in [7, 11) is 1.66. The van der Waals surface area contributed by atoms with Crippen molar-refractivity contribution in [2.24, 2.45) is 0 Å². The van der Waals surface area contributed by atoms with E-state index in [4.69, 9.17) is 9.15 Å². The normalized spacial score (nSPS) is 19.7. The molecule has 1 aromatic heterocycles. The van der Waals surface area contributed by atoms with Crippen LogP contribution < -0.4 is 5.32 Å². The highest BCUT2D eigenvalue weighted by molar-refractivity contribution is 4.95. The van der Waals surface area contributed by atoms with Crippen molar-refractivity contribution in [3.8, 4) is 0 Å². The zero-order valence-electron chi connectivity index (χ0n) is 10.1. The second-order valence-corrected chi connectivity index (χ2v) is 4.44. The highest BCUT2D eigenvalue weighted by Gasteiger charge is 2.30. The average Bonchev–Trinajstić information content (AvgIpc) is 3.02. The van der Waals surface area contributed by atoms with Crippen molar-refractivity contribution >= 4 is 0 Å². The molecule has 1 aliphatic rings. The second-order valence-electron chi connectivity index (χ2n) is 4.44. The Morgan fingerprint density at radius 2 is 2.25 bits per heavy atom. The fourth-order valence-corrected chi connectivity index (χ4v) is 1.44.